The zero-order valence-corrected chi connectivity index (χ0v) is 33.2. The average molecular weight is 795 g/mol. The van der Waals surface area contributed by atoms with Gasteiger partial charge in [-0.05, 0) is 94.0 Å². The normalized spacial score (nSPS) is 11.7. The van der Waals surface area contributed by atoms with Crippen LogP contribution in [0.3, 0.4) is 0 Å². The number of para-hydroxylation sites is 2. The zero-order chi connectivity index (χ0) is 41.0. The van der Waals surface area contributed by atoms with Crippen molar-refractivity contribution < 1.29 is 9.15 Å². The van der Waals surface area contributed by atoms with Crippen LogP contribution in [-0.4, -0.2) is 19.9 Å². The molecule has 0 radical (unpaired) electrons. The summed E-state index contributed by atoms with van der Waals surface area (Å²) in [6.07, 6.45) is 5.46. The Morgan fingerprint density at radius 1 is 0.339 bits per heavy atom. The SMILES string of the molecule is c1ccc(-c2cc(-c3ccc(-c4cccnc4)nc3)nc(-c3ccc4c(c3)-c3cc5oc6ccccc6c5cc3Oc3ccccc3-c3ccccc3-c3ccccc3-4)n2)cc1. The van der Waals surface area contributed by atoms with E-state index in [0.717, 1.165) is 112 Å². The van der Waals surface area contributed by atoms with Gasteiger partial charge in [-0.25, -0.2) is 9.97 Å². The smallest absolute Gasteiger partial charge is 0.160 e. The van der Waals surface area contributed by atoms with E-state index in [1.165, 1.54) is 0 Å². The van der Waals surface area contributed by atoms with Crippen LogP contribution in [0.1, 0.15) is 0 Å². The lowest BCUT2D eigenvalue weighted by Crippen LogP contribution is -1.98. The lowest BCUT2D eigenvalue weighted by molar-refractivity contribution is 0.487. The third-order valence-electron chi connectivity index (χ3n) is 11.7. The second-order valence-corrected chi connectivity index (χ2v) is 15.4. The first-order valence-corrected chi connectivity index (χ1v) is 20.6. The maximum Gasteiger partial charge on any atom is 0.160 e. The summed E-state index contributed by atoms with van der Waals surface area (Å²) in [7, 11) is 0. The molecule has 6 heteroatoms. The zero-order valence-electron chi connectivity index (χ0n) is 33.2. The van der Waals surface area contributed by atoms with Crippen molar-refractivity contribution in [2.45, 2.75) is 0 Å². The molecule has 0 fully saturated rings. The van der Waals surface area contributed by atoms with Gasteiger partial charge >= 0.3 is 0 Å². The van der Waals surface area contributed by atoms with Crippen LogP contribution in [0.5, 0.6) is 11.5 Å². The molecular weight excluding hydrogens is 761 g/mol. The molecule has 11 aromatic rings. The standard InChI is InChI=1S/C56H34N4O2/c1-2-13-35(14-3-1)50-32-51(38-25-27-49(58-34-38)37-15-12-28-57-33-37)60-56(59-50)36-24-26-43-41-18-5-4-16-39(41)40-17-6-7-19-42(40)44-20-8-10-22-52(44)61-55-30-47-45-21-9-11-23-53(45)62-54(47)31-48(55)46(43)29-36/h1-34H. The molecule has 12 rings (SSSR count). The van der Waals surface area contributed by atoms with E-state index in [1.54, 1.807) is 6.20 Å². The van der Waals surface area contributed by atoms with E-state index in [0.29, 0.717) is 11.6 Å². The van der Waals surface area contributed by atoms with Gasteiger partial charge in [-0.15, -0.1) is 0 Å². The largest absolute Gasteiger partial charge is 0.456 e. The molecule has 290 valence electrons. The van der Waals surface area contributed by atoms with E-state index in [1.807, 2.05) is 79.1 Å². The number of rotatable bonds is 4. The Hall–Kier alpha value is -8.48. The van der Waals surface area contributed by atoms with Crippen molar-refractivity contribution in [2.24, 2.45) is 0 Å². The fourth-order valence-electron chi connectivity index (χ4n) is 8.70. The van der Waals surface area contributed by atoms with E-state index < -0.39 is 0 Å². The molecule has 0 atom stereocenters. The van der Waals surface area contributed by atoms with Crippen molar-refractivity contribution in [1.82, 2.24) is 19.9 Å². The molecule has 0 N–H and O–H groups in total. The van der Waals surface area contributed by atoms with Gasteiger partial charge in [0.15, 0.2) is 5.82 Å². The number of pyridine rings is 2. The molecule has 0 saturated heterocycles. The van der Waals surface area contributed by atoms with Crippen molar-refractivity contribution in [2.75, 3.05) is 0 Å². The van der Waals surface area contributed by atoms with Crippen molar-refractivity contribution in [3.05, 3.63) is 207 Å². The second kappa shape index (κ2) is 14.7. The monoisotopic (exact) mass is 794 g/mol. The molecule has 0 saturated carbocycles. The summed E-state index contributed by atoms with van der Waals surface area (Å²) >= 11 is 0. The molecule has 5 heterocycles. The van der Waals surface area contributed by atoms with Crippen LogP contribution in [-0.2, 0) is 0 Å². The fraction of sp³-hybridized carbons (Fsp3) is 0. The predicted octanol–water partition coefficient (Wildman–Crippen LogP) is 14.6. The van der Waals surface area contributed by atoms with Crippen LogP contribution in [0.4, 0.5) is 0 Å². The molecule has 4 aromatic heterocycles. The van der Waals surface area contributed by atoms with Gasteiger partial charge in [0.1, 0.15) is 22.7 Å². The van der Waals surface area contributed by atoms with E-state index >= 15 is 0 Å². The fourth-order valence-corrected chi connectivity index (χ4v) is 8.70. The summed E-state index contributed by atoms with van der Waals surface area (Å²) in [6, 6.07) is 64.8. The Balaban J connectivity index is 1.12. The summed E-state index contributed by atoms with van der Waals surface area (Å²) in [4.78, 5) is 19.6. The number of ether oxygens (including phenoxy) is 1. The highest BCUT2D eigenvalue weighted by Crippen LogP contribution is 2.50. The Labute approximate surface area is 357 Å². The lowest BCUT2D eigenvalue weighted by Gasteiger charge is -2.18. The van der Waals surface area contributed by atoms with Gasteiger partial charge in [-0.2, -0.15) is 0 Å². The Morgan fingerprint density at radius 2 is 0.968 bits per heavy atom. The molecule has 0 aliphatic carbocycles. The van der Waals surface area contributed by atoms with Crippen molar-refractivity contribution in [3.8, 4) is 101 Å². The molecule has 0 unspecified atom stereocenters. The molecule has 0 amide bonds. The number of nitrogens with zero attached hydrogens (tertiary/aromatic N) is 4. The summed E-state index contributed by atoms with van der Waals surface area (Å²) in [5.41, 5.74) is 16.0. The molecular formula is C56H34N4O2. The quantitative estimate of drug-likeness (QED) is 0.177. The number of aromatic nitrogens is 4. The van der Waals surface area contributed by atoms with Gasteiger partial charge in [0.25, 0.3) is 0 Å². The second-order valence-electron chi connectivity index (χ2n) is 15.4. The summed E-state index contributed by atoms with van der Waals surface area (Å²) in [6.45, 7) is 0. The van der Waals surface area contributed by atoms with E-state index in [4.69, 9.17) is 24.1 Å². The number of hydrogen-bond donors (Lipinski definition) is 0. The topological polar surface area (TPSA) is 73.9 Å². The van der Waals surface area contributed by atoms with Gasteiger partial charge in [-0.1, -0.05) is 127 Å². The number of fused-ring (bicyclic) bond motifs is 12. The van der Waals surface area contributed by atoms with Crippen LogP contribution >= 0.6 is 0 Å². The van der Waals surface area contributed by atoms with Gasteiger partial charge in [0.2, 0.25) is 0 Å². The summed E-state index contributed by atoms with van der Waals surface area (Å²) < 4.78 is 13.7. The van der Waals surface area contributed by atoms with Crippen molar-refractivity contribution in [1.29, 1.82) is 0 Å². The summed E-state index contributed by atoms with van der Waals surface area (Å²) in [5.74, 6) is 2.06. The highest BCUT2D eigenvalue weighted by molar-refractivity contribution is 6.08. The van der Waals surface area contributed by atoms with Gasteiger partial charge in [0.05, 0.1) is 17.1 Å². The van der Waals surface area contributed by atoms with Crippen LogP contribution in [0.2, 0.25) is 0 Å². The van der Waals surface area contributed by atoms with Gasteiger partial charge in [0, 0.05) is 62.7 Å². The van der Waals surface area contributed by atoms with Crippen LogP contribution in [0.25, 0.3) is 112 Å². The molecule has 1 aliphatic heterocycles. The minimum atomic E-state index is 0.589. The maximum atomic E-state index is 7.17. The minimum Gasteiger partial charge on any atom is -0.456 e. The average Bonchev–Trinajstić information content (AvgIpc) is 3.71. The van der Waals surface area contributed by atoms with E-state index in [9.17, 15) is 0 Å². The highest BCUT2D eigenvalue weighted by Gasteiger charge is 2.24. The molecule has 7 aromatic carbocycles. The third-order valence-corrected chi connectivity index (χ3v) is 11.7. The van der Waals surface area contributed by atoms with Crippen molar-refractivity contribution in [3.63, 3.8) is 0 Å². The molecule has 0 bridgehead atoms. The van der Waals surface area contributed by atoms with E-state index in [2.05, 4.69) is 126 Å². The van der Waals surface area contributed by atoms with Gasteiger partial charge < -0.3 is 9.15 Å². The van der Waals surface area contributed by atoms with E-state index in [-0.39, 0.29) is 0 Å². The Kier molecular flexibility index (Phi) is 8.38. The Morgan fingerprint density at radius 3 is 1.71 bits per heavy atom. The molecule has 1 aliphatic rings. The number of benzene rings is 7. The van der Waals surface area contributed by atoms with Crippen LogP contribution in [0, 0.1) is 0 Å². The first kappa shape index (κ1) is 35.5. The predicted molar refractivity (Wildman–Crippen MR) is 248 cm³/mol. The first-order valence-electron chi connectivity index (χ1n) is 20.6. The van der Waals surface area contributed by atoms with Gasteiger partial charge in [-0.3, -0.25) is 9.97 Å². The molecule has 0 spiro atoms. The first-order chi connectivity index (χ1) is 30.7. The Bertz CT molecular complexity index is 3490. The number of furan rings is 1. The number of hydrogen-bond acceptors (Lipinski definition) is 6. The third kappa shape index (κ3) is 6.13. The highest BCUT2D eigenvalue weighted by atomic mass is 16.5. The molecule has 6 nitrogen and oxygen atoms in total. The lowest BCUT2D eigenvalue weighted by atomic mass is 9.86. The molecule has 62 heavy (non-hydrogen) atoms. The minimum absolute atomic E-state index is 0.589. The van der Waals surface area contributed by atoms with Crippen LogP contribution in [0.15, 0.2) is 211 Å². The van der Waals surface area contributed by atoms with Crippen molar-refractivity contribution >= 4 is 21.9 Å². The van der Waals surface area contributed by atoms with Crippen LogP contribution < -0.4 is 4.74 Å². The summed E-state index contributed by atoms with van der Waals surface area (Å²) in [5, 5.41) is 2.01. The maximum absolute atomic E-state index is 7.17.